The zero-order valence-corrected chi connectivity index (χ0v) is 11.5. The number of hydrogen-bond acceptors (Lipinski definition) is 2. The standard InChI is InChI=1S/C16H24O2/c1-3-5-12-17-14-16(18-13-6-4-2)15-10-8-7-9-11-15/h7-11,14H,3-6,12-13H2,1-2H3. The first-order valence-electron chi connectivity index (χ1n) is 6.88. The van der Waals surface area contributed by atoms with Gasteiger partial charge in [-0.05, 0) is 12.8 Å². The van der Waals surface area contributed by atoms with Crippen molar-refractivity contribution in [2.45, 2.75) is 39.5 Å². The van der Waals surface area contributed by atoms with Gasteiger partial charge < -0.3 is 9.47 Å². The summed E-state index contributed by atoms with van der Waals surface area (Å²) in [5, 5.41) is 0. The van der Waals surface area contributed by atoms with Gasteiger partial charge in [0.15, 0.2) is 5.76 Å². The van der Waals surface area contributed by atoms with Crippen LogP contribution in [0, 0.1) is 0 Å². The van der Waals surface area contributed by atoms with Crippen LogP contribution in [0.5, 0.6) is 0 Å². The third-order valence-electron chi connectivity index (χ3n) is 2.62. The van der Waals surface area contributed by atoms with Crippen molar-refractivity contribution in [2.75, 3.05) is 13.2 Å². The number of unbranched alkanes of at least 4 members (excludes halogenated alkanes) is 2. The molecule has 0 amide bonds. The molecule has 0 aliphatic rings. The molecule has 0 fully saturated rings. The second-order valence-electron chi connectivity index (χ2n) is 4.27. The molecular weight excluding hydrogens is 224 g/mol. The van der Waals surface area contributed by atoms with E-state index < -0.39 is 0 Å². The summed E-state index contributed by atoms with van der Waals surface area (Å²) in [6, 6.07) is 10.1. The SMILES string of the molecule is CCCCOC=C(OCCCC)c1ccccc1. The maximum atomic E-state index is 5.78. The predicted molar refractivity (Wildman–Crippen MR) is 76.1 cm³/mol. The average Bonchev–Trinajstić information content (AvgIpc) is 2.42. The van der Waals surface area contributed by atoms with Crippen molar-refractivity contribution in [3.05, 3.63) is 42.2 Å². The summed E-state index contributed by atoms with van der Waals surface area (Å²) in [4.78, 5) is 0. The van der Waals surface area contributed by atoms with Crippen molar-refractivity contribution in [3.8, 4) is 0 Å². The first kappa shape index (κ1) is 14.6. The van der Waals surface area contributed by atoms with Crippen LogP contribution in [0.4, 0.5) is 0 Å². The van der Waals surface area contributed by atoms with Crippen molar-refractivity contribution in [1.29, 1.82) is 0 Å². The van der Waals surface area contributed by atoms with Gasteiger partial charge in [-0.15, -0.1) is 0 Å². The normalized spacial score (nSPS) is 11.3. The number of benzene rings is 1. The van der Waals surface area contributed by atoms with E-state index >= 15 is 0 Å². The smallest absolute Gasteiger partial charge is 0.160 e. The average molecular weight is 248 g/mol. The molecule has 18 heavy (non-hydrogen) atoms. The molecule has 1 rings (SSSR count). The molecule has 0 N–H and O–H groups in total. The molecule has 0 aliphatic carbocycles. The molecule has 0 saturated heterocycles. The van der Waals surface area contributed by atoms with E-state index in [4.69, 9.17) is 9.47 Å². The lowest BCUT2D eigenvalue weighted by Gasteiger charge is -2.10. The molecule has 0 unspecified atom stereocenters. The van der Waals surface area contributed by atoms with Crippen LogP contribution in [0.15, 0.2) is 36.6 Å². The van der Waals surface area contributed by atoms with Gasteiger partial charge in [-0.2, -0.15) is 0 Å². The van der Waals surface area contributed by atoms with E-state index in [-0.39, 0.29) is 0 Å². The van der Waals surface area contributed by atoms with Crippen molar-refractivity contribution >= 4 is 5.76 Å². The molecule has 0 atom stereocenters. The minimum Gasteiger partial charge on any atom is -0.497 e. The third kappa shape index (κ3) is 5.76. The van der Waals surface area contributed by atoms with Gasteiger partial charge in [-0.25, -0.2) is 0 Å². The van der Waals surface area contributed by atoms with Crippen LogP contribution < -0.4 is 0 Å². The molecule has 0 aliphatic heterocycles. The van der Waals surface area contributed by atoms with Crippen LogP contribution in [0.3, 0.4) is 0 Å². The fourth-order valence-electron chi connectivity index (χ4n) is 1.48. The van der Waals surface area contributed by atoms with Crippen molar-refractivity contribution in [2.24, 2.45) is 0 Å². The first-order chi connectivity index (χ1) is 8.88. The van der Waals surface area contributed by atoms with Crippen LogP contribution in [0.1, 0.15) is 45.1 Å². The van der Waals surface area contributed by atoms with Crippen LogP contribution in [-0.2, 0) is 9.47 Å². The van der Waals surface area contributed by atoms with Gasteiger partial charge in [-0.3, -0.25) is 0 Å². The molecule has 0 saturated carbocycles. The summed E-state index contributed by atoms with van der Waals surface area (Å²) in [7, 11) is 0. The Morgan fingerprint density at radius 2 is 1.67 bits per heavy atom. The van der Waals surface area contributed by atoms with Crippen LogP contribution >= 0.6 is 0 Å². The maximum absolute atomic E-state index is 5.78. The van der Waals surface area contributed by atoms with Gasteiger partial charge in [0.25, 0.3) is 0 Å². The summed E-state index contributed by atoms with van der Waals surface area (Å²) in [5.41, 5.74) is 1.07. The quantitative estimate of drug-likeness (QED) is 0.469. The van der Waals surface area contributed by atoms with Gasteiger partial charge in [0.2, 0.25) is 0 Å². The Hall–Kier alpha value is -1.44. The van der Waals surface area contributed by atoms with Crippen molar-refractivity contribution < 1.29 is 9.47 Å². The fraction of sp³-hybridized carbons (Fsp3) is 0.500. The molecule has 0 aromatic heterocycles. The van der Waals surface area contributed by atoms with E-state index in [1.807, 2.05) is 30.3 Å². The minimum atomic E-state index is 0.744. The molecule has 1 aromatic rings. The zero-order chi connectivity index (χ0) is 13.1. The van der Waals surface area contributed by atoms with Crippen molar-refractivity contribution in [1.82, 2.24) is 0 Å². The molecule has 100 valence electrons. The summed E-state index contributed by atoms with van der Waals surface area (Å²) < 4.78 is 11.3. The summed E-state index contributed by atoms with van der Waals surface area (Å²) in [6.45, 7) is 5.81. The summed E-state index contributed by atoms with van der Waals surface area (Å²) >= 11 is 0. The van der Waals surface area contributed by atoms with Gasteiger partial charge in [-0.1, -0.05) is 57.0 Å². The fourth-order valence-corrected chi connectivity index (χ4v) is 1.48. The molecule has 1 aromatic carbocycles. The Bertz CT molecular complexity index is 330. The highest BCUT2D eigenvalue weighted by atomic mass is 16.5. The van der Waals surface area contributed by atoms with E-state index in [1.165, 1.54) is 0 Å². The maximum Gasteiger partial charge on any atom is 0.160 e. The van der Waals surface area contributed by atoms with E-state index in [9.17, 15) is 0 Å². The molecule has 2 nitrogen and oxygen atoms in total. The largest absolute Gasteiger partial charge is 0.497 e. The topological polar surface area (TPSA) is 18.5 Å². The monoisotopic (exact) mass is 248 g/mol. The molecular formula is C16H24O2. The lowest BCUT2D eigenvalue weighted by Crippen LogP contribution is -1.97. The van der Waals surface area contributed by atoms with E-state index in [0.29, 0.717) is 0 Å². The van der Waals surface area contributed by atoms with E-state index in [2.05, 4.69) is 13.8 Å². The highest BCUT2D eigenvalue weighted by Crippen LogP contribution is 2.16. The number of ether oxygens (including phenoxy) is 2. The molecule has 0 radical (unpaired) electrons. The minimum absolute atomic E-state index is 0.744. The van der Waals surface area contributed by atoms with Crippen molar-refractivity contribution in [3.63, 3.8) is 0 Å². The molecule has 2 heteroatoms. The predicted octanol–water partition coefficient (Wildman–Crippen LogP) is 4.62. The molecule has 0 spiro atoms. The second-order valence-corrected chi connectivity index (χ2v) is 4.27. The van der Waals surface area contributed by atoms with Gasteiger partial charge in [0, 0.05) is 5.56 Å². The summed E-state index contributed by atoms with van der Waals surface area (Å²) in [5.74, 6) is 0.833. The van der Waals surface area contributed by atoms with Crippen LogP contribution in [0.2, 0.25) is 0 Å². The number of hydrogen-bond donors (Lipinski definition) is 0. The Morgan fingerprint density at radius 1 is 1.00 bits per heavy atom. The van der Waals surface area contributed by atoms with Gasteiger partial charge in [0.1, 0.15) is 6.26 Å². The lowest BCUT2D eigenvalue weighted by molar-refractivity contribution is 0.216. The number of rotatable bonds is 9. The Labute approximate surface area is 111 Å². The van der Waals surface area contributed by atoms with E-state index in [1.54, 1.807) is 6.26 Å². The second kappa shape index (κ2) is 9.58. The summed E-state index contributed by atoms with van der Waals surface area (Å²) in [6.07, 6.45) is 6.18. The zero-order valence-electron chi connectivity index (χ0n) is 11.5. The Morgan fingerprint density at radius 3 is 2.33 bits per heavy atom. The van der Waals surface area contributed by atoms with Gasteiger partial charge >= 0.3 is 0 Å². The first-order valence-corrected chi connectivity index (χ1v) is 6.88. The van der Waals surface area contributed by atoms with Crippen LogP contribution in [-0.4, -0.2) is 13.2 Å². The molecule has 0 heterocycles. The van der Waals surface area contributed by atoms with Crippen LogP contribution in [0.25, 0.3) is 5.76 Å². The Kier molecular flexibility index (Phi) is 7.78. The third-order valence-corrected chi connectivity index (χ3v) is 2.62. The highest BCUT2D eigenvalue weighted by molar-refractivity contribution is 5.58. The highest BCUT2D eigenvalue weighted by Gasteiger charge is 2.02. The lowest BCUT2D eigenvalue weighted by atomic mass is 10.2. The van der Waals surface area contributed by atoms with Gasteiger partial charge in [0.05, 0.1) is 13.2 Å². The van der Waals surface area contributed by atoms with E-state index in [0.717, 1.165) is 50.2 Å². The Balaban J connectivity index is 2.57. The molecule has 0 bridgehead atoms.